The Morgan fingerprint density at radius 2 is 2.22 bits per heavy atom. The summed E-state index contributed by atoms with van der Waals surface area (Å²) in [6.45, 7) is 1.09. The van der Waals surface area contributed by atoms with Crippen LogP contribution in [0.5, 0.6) is 0 Å². The van der Waals surface area contributed by atoms with Gasteiger partial charge in [-0.15, -0.1) is 0 Å². The number of rotatable bonds is 4. The number of likely N-dealkylation sites (N-methyl/N-ethyl adjacent to an activating group) is 1. The number of aromatic amines is 1. The van der Waals surface area contributed by atoms with Crippen molar-refractivity contribution in [3.05, 3.63) is 30.0 Å². The highest BCUT2D eigenvalue weighted by atomic mass is 16.5. The summed E-state index contributed by atoms with van der Waals surface area (Å²) in [6.07, 6.45) is 0. The fourth-order valence-electron chi connectivity index (χ4n) is 1.80. The predicted molar refractivity (Wildman–Crippen MR) is 71.5 cm³/mol. The molecule has 0 radical (unpaired) electrons. The minimum absolute atomic E-state index is 0.0539. The topological polar surface area (TPSA) is 71.3 Å². The van der Waals surface area contributed by atoms with Crippen LogP contribution in [0.4, 0.5) is 5.69 Å². The number of anilines is 1. The molecule has 1 heterocycles. The number of H-pyrrole nitrogens is 1. The largest absolute Gasteiger partial charge is 0.399 e. The molecular weight excluding hydrogens is 230 g/mol. The maximum atomic E-state index is 12.1. The van der Waals surface area contributed by atoms with E-state index in [0.717, 1.165) is 10.9 Å². The summed E-state index contributed by atoms with van der Waals surface area (Å²) in [6, 6.07) is 7.34. The molecule has 2 aromatic rings. The quantitative estimate of drug-likeness (QED) is 0.804. The minimum Gasteiger partial charge on any atom is -0.399 e. The molecule has 0 bridgehead atoms. The Morgan fingerprint density at radius 1 is 1.44 bits per heavy atom. The number of nitrogens with one attached hydrogen (secondary N) is 1. The van der Waals surface area contributed by atoms with Crippen LogP contribution in [0.25, 0.3) is 10.9 Å². The highest BCUT2D eigenvalue weighted by Gasteiger charge is 2.13. The number of nitrogens with zero attached hydrogens (tertiary/aromatic N) is 1. The van der Waals surface area contributed by atoms with Gasteiger partial charge in [-0.25, -0.2) is 0 Å². The first kappa shape index (κ1) is 12.4. The molecule has 0 aliphatic heterocycles. The van der Waals surface area contributed by atoms with Gasteiger partial charge in [0.15, 0.2) is 0 Å². The van der Waals surface area contributed by atoms with Gasteiger partial charge in [-0.2, -0.15) is 0 Å². The van der Waals surface area contributed by atoms with E-state index in [9.17, 15) is 4.79 Å². The number of carbonyl (C=O) groups excluding carboxylic acids is 1. The number of carbonyl (C=O) groups is 1. The van der Waals surface area contributed by atoms with Crippen LogP contribution in [-0.4, -0.2) is 43.1 Å². The molecular formula is C13H17N3O2. The monoisotopic (exact) mass is 247 g/mol. The molecule has 5 nitrogen and oxygen atoms in total. The van der Waals surface area contributed by atoms with Crippen molar-refractivity contribution in [1.29, 1.82) is 0 Å². The van der Waals surface area contributed by atoms with Gasteiger partial charge in [-0.05, 0) is 24.3 Å². The van der Waals surface area contributed by atoms with E-state index >= 15 is 0 Å². The molecule has 0 spiro atoms. The summed E-state index contributed by atoms with van der Waals surface area (Å²) >= 11 is 0. The smallest absolute Gasteiger partial charge is 0.270 e. The lowest BCUT2D eigenvalue weighted by molar-refractivity contribution is 0.0739. The Hall–Kier alpha value is -2.01. The van der Waals surface area contributed by atoms with Crippen LogP contribution in [0, 0.1) is 0 Å². The van der Waals surface area contributed by atoms with Crippen molar-refractivity contribution in [3.63, 3.8) is 0 Å². The van der Waals surface area contributed by atoms with E-state index < -0.39 is 0 Å². The van der Waals surface area contributed by atoms with Crippen LogP contribution in [0.15, 0.2) is 24.3 Å². The van der Waals surface area contributed by atoms with Crippen LogP contribution in [0.1, 0.15) is 10.5 Å². The van der Waals surface area contributed by atoms with Gasteiger partial charge < -0.3 is 20.4 Å². The summed E-state index contributed by atoms with van der Waals surface area (Å²) in [7, 11) is 3.37. The van der Waals surface area contributed by atoms with E-state index in [1.807, 2.05) is 24.3 Å². The van der Waals surface area contributed by atoms with E-state index in [4.69, 9.17) is 10.5 Å². The number of methoxy groups -OCH3 is 1. The average molecular weight is 247 g/mol. The minimum atomic E-state index is -0.0539. The second kappa shape index (κ2) is 5.10. The molecule has 0 saturated carbocycles. The SMILES string of the molecule is COCCN(C)C(=O)c1cc2cc(N)ccc2[nH]1. The van der Waals surface area contributed by atoms with Crippen molar-refractivity contribution in [1.82, 2.24) is 9.88 Å². The zero-order valence-corrected chi connectivity index (χ0v) is 10.6. The molecule has 0 atom stereocenters. The van der Waals surface area contributed by atoms with Gasteiger partial charge in [0.05, 0.1) is 6.61 Å². The lowest BCUT2D eigenvalue weighted by Crippen LogP contribution is -2.30. The van der Waals surface area contributed by atoms with E-state index in [2.05, 4.69) is 4.98 Å². The highest BCUT2D eigenvalue weighted by molar-refractivity contribution is 5.98. The van der Waals surface area contributed by atoms with E-state index in [-0.39, 0.29) is 5.91 Å². The molecule has 5 heteroatoms. The zero-order valence-electron chi connectivity index (χ0n) is 10.6. The van der Waals surface area contributed by atoms with Crippen molar-refractivity contribution < 1.29 is 9.53 Å². The van der Waals surface area contributed by atoms with Crippen LogP contribution in [0.3, 0.4) is 0 Å². The van der Waals surface area contributed by atoms with Gasteiger partial charge in [0.2, 0.25) is 0 Å². The number of benzene rings is 1. The number of nitrogen functional groups attached to an aromatic ring is 1. The van der Waals surface area contributed by atoms with Crippen LogP contribution in [0.2, 0.25) is 0 Å². The molecule has 0 fully saturated rings. The summed E-state index contributed by atoms with van der Waals surface area (Å²) in [4.78, 5) is 16.8. The number of ether oxygens (including phenoxy) is 1. The Morgan fingerprint density at radius 3 is 2.94 bits per heavy atom. The maximum absolute atomic E-state index is 12.1. The summed E-state index contributed by atoms with van der Waals surface area (Å²) in [5.74, 6) is -0.0539. The molecule has 96 valence electrons. The van der Waals surface area contributed by atoms with Crippen molar-refractivity contribution in [2.75, 3.05) is 33.0 Å². The maximum Gasteiger partial charge on any atom is 0.270 e. The third-order valence-electron chi connectivity index (χ3n) is 2.85. The standard InChI is InChI=1S/C13H17N3O2/c1-16(5-6-18-2)13(17)12-8-9-7-10(14)3-4-11(9)15-12/h3-4,7-8,15H,5-6,14H2,1-2H3. The van der Waals surface area contributed by atoms with Crippen molar-refractivity contribution >= 4 is 22.5 Å². The summed E-state index contributed by atoms with van der Waals surface area (Å²) in [5, 5.41) is 0.943. The third-order valence-corrected chi connectivity index (χ3v) is 2.85. The first-order chi connectivity index (χ1) is 8.61. The number of amides is 1. The van der Waals surface area contributed by atoms with Gasteiger partial charge in [-0.3, -0.25) is 4.79 Å². The van der Waals surface area contributed by atoms with Gasteiger partial charge in [-0.1, -0.05) is 0 Å². The molecule has 0 aliphatic carbocycles. The molecule has 18 heavy (non-hydrogen) atoms. The second-order valence-corrected chi connectivity index (χ2v) is 4.25. The van der Waals surface area contributed by atoms with Gasteiger partial charge in [0, 0.05) is 37.3 Å². The fraction of sp³-hybridized carbons (Fsp3) is 0.308. The molecule has 0 aliphatic rings. The van der Waals surface area contributed by atoms with E-state index in [0.29, 0.717) is 24.5 Å². The van der Waals surface area contributed by atoms with E-state index in [1.165, 1.54) is 0 Å². The normalized spacial score (nSPS) is 10.8. The summed E-state index contributed by atoms with van der Waals surface area (Å²) < 4.78 is 4.95. The lowest BCUT2D eigenvalue weighted by atomic mass is 10.2. The van der Waals surface area contributed by atoms with Gasteiger partial charge in [0.25, 0.3) is 5.91 Å². The highest BCUT2D eigenvalue weighted by Crippen LogP contribution is 2.19. The van der Waals surface area contributed by atoms with Crippen molar-refractivity contribution in [3.8, 4) is 0 Å². The second-order valence-electron chi connectivity index (χ2n) is 4.25. The lowest BCUT2D eigenvalue weighted by Gasteiger charge is -2.15. The van der Waals surface area contributed by atoms with Crippen molar-refractivity contribution in [2.45, 2.75) is 0 Å². The Bertz CT molecular complexity index is 562. The van der Waals surface area contributed by atoms with Crippen LogP contribution in [-0.2, 0) is 4.74 Å². The number of hydrogen-bond donors (Lipinski definition) is 2. The first-order valence-corrected chi connectivity index (χ1v) is 5.74. The Labute approximate surface area is 106 Å². The van der Waals surface area contributed by atoms with Gasteiger partial charge >= 0.3 is 0 Å². The molecule has 1 amide bonds. The summed E-state index contributed by atoms with van der Waals surface area (Å²) in [5.41, 5.74) is 7.87. The number of hydrogen-bond acceptors (Lipinski definition) is 3. The molecule has 2 rings (SSSR count). The first-order valence-electron chi connectivity index (χ1n) is 5.74. The van der Waals surface area contributed by atoms with Crippen molar-refractivity contribution in [2.24, 2.45) is 0 Å². The fourth-order valence-corrected chi connectivity index (χ4v) is 1.80. The van der Waals surface area contributed by atoms with Gasteiger partial charge in [0.1, 0.15) is 5.69 Å². The van der Waals surface area contributed by atoms with Crippen LogP contribution < -0.4 is 5.73 Å². The third kappa shape index (κ3) is 2.46. The Kier molecular flexibility index (Phi) is 3.53. The molecule has 0 saturated heterocycles. The molecule has 3 N–H and O–H groups in total. The predicted octanol–water partition coefficient (Wildman–Crippen LogP) is 1.47. The molecule has 0 unspecified atom stereocenters. The van der Waals surface area contributed by atoms with E-state index in [1.54, 1.807) is 19.1 Å². The Balaban J connectivity index is 2.22. The average Bonchev–Trinajstić information content (AvgIpc) is 2.77. The van der Waals surface area contributed by atoms with Crippen LogP contribution >= 0.6 is 0 Å². The molecule has 1 aromatic carbocycles. The number of nitrogens with two attached hydrogens (primary N) is 1. The zero-order chi connectivity index (χ0) is 13.1. The number of aromatic nitrogens is 1. The number of fused-ring (bicyclic) bond motifs is 1. The molecule has 1 aromatic heterocycles.